The van der Waals surface area contributed by atoms with Crippen LogP contribution in [-0.4, -0.2) is 283 Å². The van der Waals surface area contributed by atoms with Gasteiger partial charge in [-0.1, -0.05) is 95.3 Å². The number of rotatable bonds is 65. The van der Waals surface area contributed by atoms with E-state index in [1.807, 2.05) is 0 Å². The smallest absolute Gasteiger partial charge is 0.245 e. The monoisotopic (exact) mass is 2000 g/mol. The molecule has 5 aromatic rings. The molecule has 18 amide bonds. The molecule has 0 saturated heterocycles. The van der Waals surface area contributed by atoms with Crippen LogP contribution in [0.15, 0.2) is 106 Å². The van der Waals surface area contributed by atoms with Gasteiger partial charge in [-0.15, -0.1) is 0 Å². The summed E-state index contributed by atoms with van der Waals surface area (Å²) in [5.41, 5.74) is 52.4. The molecule has 2 heterocycles. The number of imidazole rings is 1. The first-order valence-electron chi connectivity index (χ1n) is 46.8. The van der Waals surface area contributed by atoms with E-state index in [1.165, 1.54) is 74.2 Å². The van der Waals surface area contributed by atoms with E-state index in [-0.39, 0.29) is 145 Å². The Balaban J connectivity index is 1.46. The fourth-order valence-electron chi connectivity index (χ4n) is 14.7. The molecular weight excluding hydrogens is 1870 g/mol. The summed E-state index contributed by atoms with van der Waals surface area (Å²) in [6, 6.07) is -6.47. The first-order valence-corrected chi connectivity index (χ1v) is 46.8. The minimum atomic E-state index is -1.98. The Morgan fingerprint density at radius 1 is 0.371 bits per heavy atom. The molecule has 143 heavy (non-hydrogen) atoms. The molecule has 0 aliphatic rings. The normalized spacial score (nSPS) is 14.4. The van der Waals surface area contributed by atoms with Crippen molar-refractivity contribution in [1.82, 2.24) is 94.7 Å². The van der Waals surface area contributed by atoms with Crippen molar-refractivity contribution in [3.05, 3.63) is 114 Å². The van der Waals surface area contributed by atoms with E-state index in [1.54, 1.807) is 45.0 Å². The number of unbranched alkanes of at least 4 members (excludes halogenated alkanes) is 2. The number of H-pyrrole nitrogens is 2. The third-order valence-electron chi connectivity index (χ3n) is 22.3. The fraction of sp³-hybridized carbons (Fsp3) is 0.516. The number of amides is 18. The summed E-state index contributed by atoms with van der Waals surface area (Å²) in [5, 5.41) is 80.2. The number of aromatic amines is 2. The molecular formula is C91H138N30O22. The van der Waals surface area contributed by atoms with Crippen molar-refractivity contribution in [2.24, 2.45) is 66.6 Å². The van der Waals surface area contributed by atoms with Gasteiger partial charge in [0.05, 0.1) is 31.2 Å². The van der Waals surface area contributed by atoms with E-state index in [2.05, 4.69) is 110 Å². The highest BCUT2D eigenvalue weighted by molar-refractivity contribution is 6.02. The lowest BCUT2D eigenvalue weighted by molar-refractivity contribution is -0.137. The Kier molecular flexibility index (Phi) is 50.1. The van der Waals surface area contributed by atoms with Gasteiger partial charge in [-0.3, -0.25) is 101 Å². The number of aliphatic hydroxyl groups is 2. The number of nitrogens with two attached hydrogens (primary N) is 9. The van der Waals surface area contributed by atoms with Crippen molar-refractivity contribution in [3.63, 3.8) is 0 Å². The molecule has 0 aliphatic heterocycles. The van der Waals surface area contributed by atoms with Crippen LogP contribution in [0.25, 0.3) is 10.9 Å². The van der Waals surface area contributed by atoms with Gasteiger partial charge in [-0.25, -0.2) is 4.98 Å². The third-order valence-corrected chi connectivity index (χ3v) is 22.3. The maximum Gasteiger partial charge on any atom is 0.245 e. The Hall–Kier alpha value is -15.8. The quantitative estimate of drug-likeness (QED) is 0.00977. The summed E-state index contributed by atoms with van der Waals surface area (Å²) in [5.74, 6) is -19.7. The number of guanidine groups is 3. The number of phenols is 2. The van der Waals surface area contributed by atoms with Crippen molar-refractivity contribution in [2.45, 2.75) is 273 Å². The van der Waals surface area contributed by atoms with E-state index in [9.17, 15) is 82.8 Å². The summed E-state index contributed by atoms with van der Waals surface area (Å²) in [6.07, 6.45) is -0.570. The van der Waals surface area contributed by atoms with Crippen molar-refractivity contribution in [2.75, 3.05) is 26.2 Å². The molecule has 0 saturated carbocycles. The van der Waals surface area contributed by atoms with Crippen LogP contribution in [-0.2, 0) is 112 Å². The Bertz CT molecular complexity index is 5200. The van der Waals surface area contributed by atoms with Gasteiger partial charge in [0, 0.05) is 82.0 Å². The second-order valence-electron chi connectivity index (χ2n) is 34.2. The van der Waals surface area contributed by atoms with Gasteiger partial charge in [-0.05, 0) is 125 Å². The average Bonchev–Trinajstić information content (AvgIpc) is 1.80. The molecule has 39 N–H and O–H groups in total. The summed E-state index contributed by atoms with van der Waals surface area (Å²) in [6.45, 7) is 7.55. The van der Waals surface area contributed by atoms with Gasteiger partial charge in [-0.2, -0.15) is 0 Å². The Labute approximate surface area is 824 Å². The number of fused-ring (bicyclic) bond motifs is 1. The molecule has 784 valence electrons. The zero-order chi connectivity index (χ0) is 106. The molecule has 2 aromatic heterocycles. The molecule has 52 nitrogen and oxygen atoms in total. The predicted octanol–water partition coefficient (Wildman–Crippen LogP) is -7.77. The second kappa shape index (κ2) is 60.9. The van der Waals surface area contributed by atoms with Crippen LogP contribution in [0.3, 0.4) is 0 Å². The molecule has 3 aromatic carbocycles. The standard InChI is InChI=1S/C91H138N30O22/c1-7-10-19-59(112-87(142)70(45-122)120-75(130)47(4)107-49(6)124)76(131)109-62(23-15-36-103-90(97)98)80(135)118-68(41-53-44-101-46-106-53)85(140)116-66(39-51-27-31-55(126)32-28-51)83(138)111-60(20-11-8-2)79(134)119-69(42-72(93)128)86(141)117-67(40-52-43-105-57-21-13-12-18-56(52)57)84(139)108-58(17-9-3)82(137)121-73(48(5)123)88(143)114-63(24-16-37-104-91(99)100)77(132)113-64(33-34-71(92)127)81(136)110-61(22-14-35-102-89(95)96)78(133)115-65(74(94)129)38-50-25-29-54(125)30-26-50/h12-13,18,21,25-32,43-44,46-48,58-70,73,105,122-123,125-126H,7-11,14-17,19-20,22-24,33-42,45H2,1-6H3,(H2,92,127)(H2,93,128)(H2,94,129)(H,101,106)(H,107,124)(H,108,139)(H,109,131)(H,110,136)(H,111,138)(H,112,142)(H,113,132)(H,114,143)(H,115,133)(H,116,140)(H,117,141)(H,118,135)(H,119,134)(H,120,130)(H,121,137)(H4,95,96,102)(H4,97,98,103)(H4,99,100,104)/t47-,48+,58-,59-,60-,61-,62-,63-,64-,65-,66-,67-,68-,69-,70-,73-/m0/s1. The number of primary amides is 3. The topological polar surface area (TPSA) is 884 Å². The van der Waals surface area contributed by atoms with Crippen LogP contribution < -0.4 is 131 Å². The van der Waals surface area contributed by atoms with Gasteiger partial charge in [0.15, 0.2) is 17.9 Å². The van der Waals surface area contributed by atoms with Gasteiger partial charge in [0.25, 0.3) is 0 Å². The maximum atomic E-state index is 15.2. The molecule has 0 spiro atoms. The number of phenolic OH excluding ortho intramolecular Hbond substituents is 2. The number of aromatic nitrogens is 3. The van der Waals surface area contributed by atoms with E-state index in [0.717, 1.165) is 13.8 Å². The first kappa shape index (κ1) is 118. The SMILES string of the molecule is CCCC[C@H](NC(=O)[C@H](CO)NC(=O)[C@H](C)NC(C)=O)C(=O)N[C@@H](CCCN=C(N)N)C(=O)N[C@@H](Cc1c[nH]cn1)C(=O)N[C@@H](Cc1ccc(O)cc1)C(=O)N[C@@H](CCCC)C(=O)N[C@@H](CC(N)=O)C(=O)N[C@@H](Cc1c[nH]c2ccccc12)C(=O)N[C@@H](CCC)C(=O)N[C@H](C(=O)N[C@@H](CCCN=C(N)N)C(=O)N[C@@H](CCC(N)=O)C(=O)N[C@@H](CCCN=C(N)N)C(=O)N[C@@H](Cc1ccc(O)cc1)C(N)=O)[C@@H](C)O. The lowest BCUT2D eigenvalue weighted by Gasteiger charge is -2.29. The molecule has 0 unspecified atom stereocenters. The number of aliphatic imine (C=N–C) groups is 3. The summed E-state index contributed by atoms with van der Waals surface area (Å²) < 4.78 is 0. The largest absolute Gasteiger partial charge is 0.508 e. The third kappa shape index (κ3) is 42.4. The van der Waals surface area contributed by atoms with Crippen molar-refractivity contribution in [1.29, 1.82) is 0 Å². The van der Waals surface area contributed by atoms with E-state index >= 15 is 24.0 Å². The minimum absolute atomic E-state index is 0.0232. The number of hydrogen-bond donors (Lipinski definition) is 30. The molecule has 0 fully saturated rings. The summed E-state index contributed by atoms with van der Waals surface area (Å²) in [4.78, 5) is 276. The number of nitrogens with one attached hydrogen (secondary N) is 17. The zero-order valence-corrected chi connectivity index (χ0v) is 80.7. The van der Waals surface area contributed by atoms with Crippen LogP contribution >= 0.6 is 0 Å². The lowest BCUT2D eigenvalue weighted by Crippen LogP contribution is -2.62. The van der Waals surface area contributed by atoms with E-state index < -0.39 is 235 Å². The van der Waals surface area contributed by atoms with Crippen LogP contribution in [0.2, 0.25) is 0 Å². The fourth-order valence-corrected chi connectivity index (χ4v) is 14.7. The minimum Gasteiger partial charge on any atom is -0.508 e. The number of benzene rings is 3. The number of para-hydroxylation sites is 1. The first-order chi connectivity index (χ1) is 67.8. The van der Waals surface area contributed by atoms with Crippen molar-refractivity contribution < 1.29 is 107 Å². The Morgan fingerprint density at radius 3 is 1.12 bits per heavy atom. The van der Waals surface area contributed by atoms with Gasteiger partial charge >= 0.3 is 0 Å². The van der Waals surface area contributed by atoms with Crippen molar-refractivity contribution >= 4 is 135 Å². The second-order valence-corrected chi connectivity index (χ2v) is 34.2. The molecule has 16 atom stereocenters. The number of carbonyl (C=O) groups is 18. The van der Waals surface area contributed by atoms with Crippen LogP contribution in [0.1, 0.15) is 173 Å². The molecule has 0 bridgehead atoms. The van der Waals surface area contributed by atoms with Gasteiger partial charge in [0.2, 0.25) is 106 Å². The number of carbonyl (C=O) groups excluding carboxylic acids is 18. The van der Waals surface area contributed by atoms with Gasteiger partial charge < -0.3 is 162 Å². The predicted molar refractivity (Wildman–Crippen MR) is 522 cm³/mol. The highest BCUT2D eigenvalue weighted by Gasteiger charge is 2.40. The molecule has 0 aliphatic carbocycles. The van der Waals surface area contributed by atoms with Gasteiger partial charge in [0.1, 0.15) is 102 Å². The Morgan fingerprint density at radius 2 is 0.727 bits per heavy atom. The van der Waals surface area contributed by atoms with Crippen LogP contribution in [0, 0.1) is 0 Å². The van der Waals surface area contributed by atoms with E-state index in [0.29, 0.717) is 46.9 Å². The zero-order valence-electron chi connectivity index (χ0n) is 80.7. The molecule has 0 radical (unpaired) electrons. The van der Waals surface area contributed by atoms with E-state index in [4.69, 9.17) is 51.6 Å². The summed E-state index contributed by atoms with van der Waals surface area (Å²) >= 11 is 0. The number of aliphatic hydroxyl groups excluding tert-OH is 2. The van der Waals surface area contributed by atoms with Crippen LogP contribution in [0.5, 0.6) is 11.5 Å². The average molecular weight is 2000 g/mol. The molecule has 52 heteroatoms. The number of aromatic hydroxyl groups is 2. The highest BCUT2D eigenvalue weighted by atomic mass is 16.3. The summed E-state index contributed by atoms with van der Waals surface area (Å²) in [7, 11) is 0. The highest BCUT2D eigenvalue weighted by Crippen LogP contribution is 2.22. The van der Waals surface area contributed by atoms with Crippen molar-refractivity contribution in [3.8, 4) is 11.5 Å². The lowest BCUT2D eigenvalue weighted by atomic mass is 10.0. The number of hydrogen-bond acceptors (Lipinski definition) is 26. The molecule has 5 rings (SSSR count). The maximum absolute atomic E-state index is 15.2. The number of nitrogens with zero attached hydrogens (tertiary/aromatic N) is 4. The van der Waals surface area contributed by atoms with Crippen LogP contribution in [0.4, 0.5) is 0 Å².